The van der Waals surface area contributed by atoms with Crippen LogP contribution in [0.25, 0.3) is 10.9 Å². The molecule has 0 saturated carbocycles. The molecule has 2 aromatic heterocycles. The fraction of sp³-hybridized carbons (Fsp3) is 0.0833. The Balaban J connectivity index is 2.06. The minimum Gasteiger partial charge on any atom is -0.399 e. The van der Waals surface area contributed by atoms with E-state index in [1.165, 1.54) is 0 Å². The van der Waals surface area contributed by atoms with Crippen LogP contribution in [0.15, 0.2) is 46.8 Å². The van der Waals surface area contributed by atoms with Crippen LogP contribution in [0.4, 0.5) is 5.69 Å². The van der Waals surface area contributed by atoms with Gasteiger partial charge in [0.1, 0.15) is 11.4 Å². The van der Waals surface area contributed by atoms with Crippen molar-refractivity contribution in [3.8, 4) is 0 Å². The summed E-state index contributed by atoms with van der Waals surface area (Å²) in [5.41, 5.74) is 7.31. The predicted octanol–water partition coefficient (Wildman–Crippen LogP) is 2.10. The van der Waals surface area contributed by atoms with E-state index in [1.54, 1.807) is 22.8 Å². The van der Waals surface area contributed by atoms with Gasteiger partial charge in [-0.05, 0) is 18.2 Å². The Morgan fingerprint density at radius 2 is 2.17 bits per heavy atom. The second kappa shape index (κ2) is 4.30. The van der Waals surface area contributed by atoms with E-state index in [2.05, 4.69) is 15.1 Å². The normalized spacial score (nSPS) is 10.9. The van der Waals surface area contributed by atoms with Crippen molar-refractivity contribution >= 4 is 28.4 Å². The Bertz CT molecular complexity index is 707. The number of nitrogens with zero attached hydrogens (tertiary/aromatic N) is 4. The smallest absolute Gasteiger partial charge is 0.117 e. The maximum absolute atomic E-state index is 5.75. The molecule has 3 rings (SSSR count). The summed E-state index contributed by atoms with van der Waals surface area (Å²) in [7, 11) is 1.89. The second-order valence-electron chi connectivity index (χ2n) is 3.91. The van der Waals surface area contributed by atoms with E-state index >= 15 is 0 Å². The zero-order chi connectivity index (χ0) is 12.5. The Morgan fingerprint density at radius 3 is 2.94 bits per heavy atom. The molecule has 0 bridgehead atoms. The number of nitrogen functional groups attached to an aromatic ring is 1. The Morgan fingerprint density at radius 1 is 1.28 bits per heavy atom. The number of aromatic nitrogens is 4. The zero-order valence-corrected chi connectivity index (χ0v) is 10.6. The van der Waals surface area contributed by atoms with Gasteiger partial charge in [0.15, 0.2) is 0 Å². The third kappa shape index (κ3) is 2.02. The van der Waals surface area contributed by atoms with Gasteiger partial charge >= 0.3 is 0 Å². The molecule has 0 spiro atoms. The van der Waals surface area contributed by atoms with Gasteiger partial charge in [-0.1, -0.05) is 11.8 Å². The number of hydrogen-bond acceptors (Lipinski definition) is 5. The molecule has 0 saturated heterocycles. The highest BCUT2D eigenvalue weighted by Crippen LogP contribution is 2.31. The Kier molecular flexibility index (Phi) is 2.64. The third-order valence-electron chi connectivity index (χ3n) is 2.52. The van der Waals surface area contributed by atoms with Crippen LogP contribution in [0.2, 0.25) is 0 Å². The molecule has 5 nitrogen and oxygen atoms in total. The third-order valence-corrected chi connectivity index (χ3v) is 3.48. The highest BCUT2D eigenvalue weighted by molar-refractivity contribution is 7.99. The first-order valence-electron chi connectivity index (χ1n) is 5.39. The van der Waals surface area contributed by atoms with Crippen LogP contribution in [-0.2, 0) is 7.05 Å². The molecule has 1 aromatic carbocycles. The van der Waals surface area contributed by atoms with Crippen LogP contribution in [-0.4, -0.2) is 19.7 Å². The monoisotopic (exact) mass is 257 g/mol. The molecule has 6 heteroatoms. The quantitative estimate of drug-likeness (QED) is 0.562. The van der Waals surface area contributed by atoms with Crippen molar-refractivity contribution < 1.29 is 0 Å². The standard InChI is InChI=1S/C12H11N5S/c1-17-6-9(5-16-17)18-12-10-3-2-8(13)4-11(10)14-7-15-12/h2-7H,13H2,1H3. The zero-order valence-electron chi connectivity index (χ0n) is 9.74. The van der Waals surface area contributed by atoms with Gasteiger partial charge in [-0.15, -0.1) is 0 Å². The fourth-order valence-electron chi connectivity index (χ4n) is 1.69. The molecule has 0 aliphatic heterocycles. The first-order valence-corrected chi connectivity index (χ1v) is 6.21. The summed E-state index contributed by atoms with van der Waals surface area (Å²) in [6.07, 6.45) is 5.33. The summed E-state index contributed by atoms with van der Waals surface area (Å²) in [5.74, 6) is 0. The van der Waals surface area contributed by atoms with Crippen LogP contribution >= 0.6 is 11.8 Å². The van der Waals surface area contributed by atoms with Crippen molar-refractivity contribution in [1.82, 2.24) is 19.7 Å². The SMILES string of the molecule is Cn1cc(Sc2ncnc3cc(N)ccc23)cn1. The highest BCUT2D eigenvalue weighted by Gasteiger charge is 2.07. The van der Waals surface area contributed by atoms with E-state index in [0.717, 1.165) is 20.8 Å². The largest absolute Gasteiger partial charge is 0.399 e. The molecule has 2 N–H and O–H groups in total. The number of fused-ring (bicyclic) bond motifs is 1. The van der Waals surface area contributed by atoms with E-state index in [1.807, 2.05) is 37.6 Å². The van der Waals surface area contributed by atoms with Gasteiger partial charge in [0, 0.05) is 24.3 Å². The molecule has 0 aliphatic carbocycles. The topological polar surface area (TPSA) is 69.6 Å². The van der Waals surface area contributed by atoms with Gasteiger partial charge in [0.2, 0.25) is 0 Å². The molecule has 0 amide bonds. The van der Waals surface area contributed by atoms with Gasteiger partial charge in [-0.2, -0.15) is 5.10 Å². The Hall–Kier alpha value is -2.08. The van der Waals surface area contributed by atoms with Crippen molar-refractivity contribution in [1.29, 1.82) is 0 Å². The first-order chi connectivity index (χ1) is 8.72. The number of hydrogen-bond donors (Lipinski definition) is 1. The second-order valence-corrected chi connectivity index (χ2v) is 4.97. The van der Waals surface area contributed by atoms with Crippen LogP contribution in [0.1, 0.15) is 0 Å². The molecular formula is C12H11N5S. The molecule has 0 atom stereocenters. The lowest BCUT2D eigenvalue weighted by Gasteiger charge is -2.03. The summed E-state index contributed by atoms with van der Waals surface area (Å²) in [5, 5.41) is 6.05. The molecule has 3 aromatic rings. The lowest BCUT2D eigenvalue weighted by molar-refractivity contribution is 0.766. The number of anilines is 1. The molecule has 0 aliphatic rings. The van der Waals surface area contributed by atoms with Crippen molar-refractivity contribution in [2.45, 2.75) is 9.92 Å². The summed E-state index contributed by atoms with van der Waals surface area (Å²) < 4.78 is 1.77. The number of aryl methyl sites for hydroxylation is 1. The van der Waals surface area contributed by atoms with Crippen molar-refractivity contribution in [3.05, 3.63) is 36.9 Å². The fourth-order valence-corrected chi connectivity index (χ4v) is 2.60. The van der Waals surface area contributed by atoms with Gasteiger partial charge in [-0.3, -0.25) is 4.68 Å². The van der Waals surface area contributed by atoms with E-state index < -0.39 is 0 Å². The molecule has 2 heterocycles. The van der Waals surface area contributed by atoms with Gasteiger partial charge < -0.3 is 5.73 Å². The summed E-state index contributed by atoms with van der Waals surface area (Å²) >= 11 is 1.57. The van der Waals surface area contributed by atoms with Crippen molar-refractivity contribution in [3.63, 3.8) is 0 Å². The van der Waals surface area contributed by atoms with E-state index in [9.17, 15) is 0 Å². The average Bonchev–Trinajstić information content (AvgIpc) is 2.75. The van der Waals surface area contributed by atoms with Crippen LogP contribution in [0, 0.1) is 0 Å². The highest BCUT2D eigenvalue weighted by atomic mass is 32.2. The molecule has 0 fully saturated rings. The molecule has 0 unspecified atom stereocenters. The van der Waals surface area contributed by atoms with Gasteiger partial charge in [0.05, 0.1) is 16.6 Å². The van der Waals surface area contributed by atoms with Gasteiger partial charge in [-0.25, -0.2) is 9.97 Å². The minimum atomic E-state index is 0.707. The Labute approximate surface area is 108 Å². The molecule has 18 heavy (non-hydrogen) atoms. The number of nitrogens with two attached hydrogens (primary N) is 1. The maximum atomic E-state index is 5.75. The number of rotatable bonds is 2. The summed E-state index contributed by atoms with van der Waals surface area (Å²) in [6.45, 7) is 0. The minimum absolute atomic E-state index is 0.707. The predicted molar refractivity (Wildman–Crippen MR) is 71.3 cm³/mol. The summed E-state index contributed by atoms with van der Waals surface area (Å²) in [4.78, 5) is 9.59. The lowest BCUT2D eigenvalue weighted by Crippen LogP contribution is -1.89. The maximum Gasteiger partial charge on any atom is 0.117 e. The van der Waals surface area contributed by atoms with Crippen LogP contribution < -0.4 is 5.73 Å². The average molecular weight is 257 g/mol. The van der Waals surface area contributed by atoms with Crippen LogP contribution in [0.5, 0.6) is 0 Å². The van der Waals surface area contributed by atoms with E-state index in [-0.39, 0.29) is 0 Å². The first kappa shape index (κ1) is 11.0. The van der Waals surface area contributed by atoms with Crippen LogP contribution in [0.3, 0.4) is 0 Å². The lowest BCUT2D eigenvalue weighted by atomic mass is 10.2. The van der Waals surface area contributed by atoms with E-state index in [4.69, 9.17) is 5.73 Å². The summed E-state index contributed by atoms with van der Waals surface area (Å²) in [6, 6.07) is 5.66. The van der Waals surface area contributed by atoms with Gasteiger partial charge in [0.25, 0.3) is 0 Å². The molecule has 90 valence electrons. The van der Waals surface area contributed by atoms with Crippen molar-refractivity contribution in [2.24, 2.45) is 7.05 Å². The number of benzene rings is 1. The molecule has 0 radical (unpaired) electrons. The van der Waals surface area contributed by atoms with Crippen molar-refractivity contribution in [2.75, 3.05) is 5.73 Å². The molecular weight excluding hydrogens is 246 g/mol. The van der Waals surface area contributed by atoms with E-state index in [0.29, 0.717) is 5.69 Å².